The lowest BCUT2D eigenvalue weighted by molar-refractivity contribution is -0.143. The zero-order valence-corrected chi connectivity index (χ0v) is 12.0. The summed E-state index contributed by atoms with van der Waals surface area (Å²) in [5.74, 6) is -0.0948. The van der Waals surface area contributed by atoms with E-state index in [9.17, 15) is 9.90 Å². The highest BCUT2D eigenvalue weighted by Crippen LogP contribution is 2.15. The number of para-hydroxylation sites is 1. The first-order valence-electron chi connectivity index (χ1n) is 6.82. The van der Waals surface area contributed by atoms with Crippen molar-refractivity contribution >= 4 is 5.97 Å². The Morgan fingerprint density at radius 2 is 1.81 bits per heavy atom. The molecular weight excluding hydrogens is 266 g/mol. The second-order valence-electron chi connectivity index (χ2n) is 4.78. The van der Waals surface area contributed by atoms with Gasteiger partial charge in [-0.2, -0.15) is 0 Å². The van der Waals surface area contributed by atoms with Gasteiger partial charge in [0.25, 0.3) is 0 Å². The standard InChI is InChI=1S/C17H19NO3/c1-21-17(20)15(11-13-7-3-2-4-8-13)18-12-14-9-5-6-10-16(14)19/h2-10,15,18-19H,11-12H2,1H3/t15-/m0/s1. The average molecular weight is 285 g/mol. The summed E-state index contributed by atoms with van der Waals surface area (Å²) in [6.07, 6.45) is 0.543. The van der Waals surface area contributed by atoms with Crippen molar-refractivity contribution in [3.63, 3.8) is 0 Å². The molecule has 0 bridgehead atoms. The summed E-state index contributed by atoms with van der Waals surface area (Å²) in [6, 6.07) is 16.4. The van der Waals surface area contributed by atoms with Crippen molar-refractivity contribution in [2.45, 2.75) is 19.0 Å². The Bertz CT molecular complexity index is 584. The number of carbonyl (C=O) groups excluding carboxylic acids is 1. The van der Waals surface area contributed by atoms with Crippen LogP contribution in [0, 0.1) is 0 Å². The minimum atomic E-state index is -0.447. The van der Waals surface area contributed by atoms with Gasteiger partial charge in [-0.25, -0.2) is 0 Å². The van der Waals surface area contributed by atoms with Gasteiger partial charge in [0.05, 0.1) is 7.11 Å². The van der Waals surface area contributed by atoms with Crippen LogP contribution in [0.15, 0.2) is 54.6 Å². The monoisotopic (exact) mass is 285 g/mol. The lowest BCUT2D eigenvalue weighted by atomic mass is 10.1. The topological polar surface area (TPSA) is 58.6 Å². The van der Waals surface area contributed by atoms with Gasteiger partial charge in [-0.05, 0) is 18.1 Å². The van der Waals surface area contributed by atoms with E-state index in [1.807, 2.05) is 42.5 Å². The Hall–Kier alpha value is -2.33. The third-order valence-electron chi connectivity index (χ3n) is 3.30. The van der Waals surface area contributed by atoms with Gasteiger partial charge in [0.1, 0.15) is 11.8 Å². The second kappa shape index (κ2) is 7.45. The number of hydrogen-bond donors (Lipinski definition) is 2. The Morgan fingerprint density at radius 3 is 2.48 bits per heavy atom. The zero-order chi connectivity index (χ0) is 15.1. The van der Waals surface area contributed by atoms with Gasteiger partial charge in [-0.15, -0.1) is 0 Å². The molecule has 4 heteroatoms. The summed E-state index contributed by atoms with van der Waals surface area (Å²) >= 11 is 0. The molecule has 0 aliphatic heterocycles. The number of phenols is 1. The predicted molar refractivity (Wildman–Crippen MR) is 80.9 cm³/mol. The third-order valence-corrected chi connectivity index (χ3v) is 3.30. The van der Waals surface area contributed by atoms with E-state index >= 15 is 0 Å². The van der Waals surface area contributed by atoms with Gasteiger partial charge in [0.15, 0.2) is 0 Å². The number of methoxy groups -OCH3 is 1. The van der Waals surface area contributed by atoms with Crippen molar-refractivity contribution in [1.82, 2.24) is 5.32 Å². The van der Waals surface area contributed by atoms with Gasteiger partial charge >= 0.3 is 5.97 Å². The van der Waals surface area contributed by atoms with Crippen LogP contribution in [-0.2, 0) is 22.5 Å². The minimum absolute atomic E-state index is 0.216. The fraction of sp³-hybridized carbons (Fsp3) is 0.235. The van der Waals surface area contributed by atoms with Crippen LogP contribution in [0.25, 0.3) is 0 Å². The first-order chi connectivity index (χ1) is 10.2. The summed E-state index contributed by atoms with van der Waals surface area (Å²) in [5.41, 5.74) is 1.80. The molecule has 0 aliphatic carbocycles. The molecule has 2 rings (SSSR count). The van der Waals surface area contributed by atoms with Crippen molar-refractivity contribution in [1.29, 1.82) is 0 Å². The van der Waals surface area contributed by atoms with Crippen LogP contribution in [0.5, 0.6) is 5.75 Å². The van der Waals surface area contributed by atoms with Crippen molar-refractivity contribution in [2.75, 3.05) is 7.11 Å². The smallest absolute Gasteiger partial charge is 0.323 e. The van der Waals surface area contributed by atoms with Gasteiger partial charge in [0.2, 0.25) is 0 Å². The SMILES string of the molecule is COC(=O)[C@H](Cc1ccccc1)NCc1ccccc1O. The molecule has 0 heterocycles. The molecule has 2 N–H and O–H groups in total. The number of aromatic hydroxyl groups is 1. The summed E-state index contributed by atoms with van der Waals surface area (Å²) in [7, 11) is 1.38. The maximum Gasteiger partial charge on any atom is 0.323 e. The molecule has 0 spiro atoms. The van der Waals surface area contributed by atoms with Crippen molar-refractivity contribution in [2.24, 2.45) is 0 Å². The van der Waals surface area contributed by atoms with E-state index in [4.69, 9.17) is 4.74 Å². The van der Waals surface area contributed by atoms with E-state index in [1.165, 1.54) is 7.11 Å². The number of ether oxygens (including phenoxy) is 1. The average Bonchev–Trinajstić information content (AvgIpc) is 2.53. The van der Waals surface area contributed by atoms with E-state index in [2.05, 4.69) is 5.32 Å². The molecule has 0 aromatic heterocycles. The molecule has 4 nitrogen and oxygen atoms in total. The lowest BCUT2D eigenvalue weighted by Crippen LogP contribution is -2.39. The second-order valence-corrected chi connectivity index (χ2v) is 4.78. The molecule has 0 unspecified atom stereocenters. The fourth-order valence-corrected chi connectivity index (χ4v) is 2.12. The zero-order valence-electron chi connectivity index (χ0n) is 12.0. The van der Waals surface area contributed by atoms with Crippen LogP contribution in [0.3, 0.4) is 0 Å². The van der Waals surface area contributed by atoms with Crippen LogP contribution in [0.4, 0.5) is 0 Å². The number of rotatable bonds is 6. The quantitative estimate of drug-likeness (QED) is 0.799. The molecule has 21 heavy (non-hydrogen) atoms. The molecule has 0 radical (unpaired) electrons. The molecule has 0 saturated carbocycles. The van der Waals surface area contributed by atoms with Crippen LogP contribution in [0.2, 0.25) is 0 Å². The van der Waals surface area contributed by atoms with E-state index in [0.717, 1.165) is 11.1 Å². The van der Waals surface area contributed by atoms with E-state index in [1.54, 1.807) is 12.1 Å². The van der Waals surface area contributed by atoms with Crippen LogP contribution in [0.1, 0.15) is 11.1 Å². The summed E-state index contributed by atoms with van der Waals surface area (Å²) in [5, 5.41) is 12.9. The van der Waals surface area contributed by atoms with Crippen molar-refractivity contribution < 1.29 is 14.6 Å². The Balaban J connectivity index is 2.03. The van der Waals surface area contributed by atoms with Crippen molar-refractivity contribution in [3.8, 4) is 5.75 Å². The van der Waals surface area contributed by atoms with Crippen molar-refractivity contribution in [3.05, 3.63) is 65.7 Å². The van der Waals surface area contributed by atoms with Gasteiger partial charge in [-0.1, -0.05) is 48.5 Å². The van der Waals surface area contributed by atoms with Crippen LogP contribution >= 0.6 is 0 Å². The maximum atomic E-state index is 11.9. The fourth-order valence-electron chi connectivity index (χ4n) is 2.12. The largest absolute Gasteiger partial charge is 0.508 e. The molecule has 2 aromatic rings. The maximum absolute atomic E-state index is 11.9. The number of nitrogens with one attached hydrogen (secondary N) is 1. The van der Waals surface area contributed by atoms with Gasteiger partial charge in [0, 0.05) is 12.1 Å². The van der Waals surface area contributed by atoms with Crippen LogP contribution < -0.4 is 5.32 Å². The number of phenolic OH excluding ortho intramolecular Hbond substituents is 1. The summed E-state index contributed by atoms with van der Waals surface area (Å²) in [6.45, 7) is 0.402. The summed E-state index contributed by atoms with van der Waals surface area (Å²) < 4.78 is 4.84. The molecule has 2 aromatic carbocycles. The third kappa shape index (κ3) is 4.33. The van der Waals surface area contributed by atoms with Gasteiger partial charge in [-0.3, -0.25) is 10.1 Å². The highest BCUT2D eigenvalue weighted by molar-refractivity contribution is 5.76. The first-order valence-corrected chi connectivity index (χ1v) is 6.82. The van der Waals surface area contributed by atoms with E-state index in [0.29, 0.717) is 13.0 Å². The van der Waals surface area contributed by atoms with Crippen LogP contribution in [-0.4, -0.2) is 24.2 Å². The summed E-state index contributed by atoms with van der Waals surface area (Å²) in [4.78, 5) is 11.9. The minimum Gasteiger partial charge on any atom is -0.508 e. The normalized spacial score (nSPS) is 11.9. The van der Waals surface area contributed by atoms with Gasteiger partial charge < -0.3 is 9.84 Å². The Morgan fingerprint density at radius 1 is 1.14 bits per heavy atom. The van der Waals surface area contributed by atoms with E-state index < -0.39 is 6.04 Å². The molecule has 0 aliphatic rings. The lowest BCUT2D eigenvalue weighted by Gasteiger charge is -2.17. The molecule has 1 atom stereocenters. The number of carbonyl (C=O) groups is 1. The molecule has 110 valence electrons. The Kier molecular flexibility index (Phi) is 5.35. The number of benzene rings is 2. The predicted octanol–water partition coefficient (Wildman–Crippen LogP) is 2.27. The molecule has 0 saturated heterocycles. The van der Waals surface area contributed by atoms with E-state index in [-0.39, 0.29) is 11.7 Å². The first kappa shape index (κ1) is 15.1. The molecule has 0 fully saturated rings. The highest BCUT2D eigenvalue weighted by atomic mass is 16.5. The highest BCUT2D eigenvalue weighted by Gasteiger charge is 2.19. The Labute approximate surface area is 124 Å². The molecular formula is C17H19NO3. The molecule has 0 amide bonds. The number of esters is 1. The number of hydrogen-bond acceptors (Lipinski definition) is 4.